The lowest BCUT2D eigenvalue weighted by molar-refractivity contribution is -0.113. The largest absolute Gasteiger partial charge is 0.378 e. The number of para-hydroxylation sites is 1. The molecule has 1 amide bonds. The van der Waals surface area contributed by atoms with Gasteiger partial charge in [0.2, 0.25) is 0 Å². The van der Waals surface area contributed by atoms with Crippen LogP contribution in [0.15, 0.2) is 58.4 Å². The highest BCUT2D eigenvalue weighted by atomic mass is 32.2. The van der Waals surface area contributed by atoms with Crippen molar-refractivity contribution in [2.24, 2.45) is 4.99 Å². The molecule has 0 spiro atoms. The predicted octanol–water partition coefficient (Wildman–Crippen LogP) is 4.95. The van der Waals surface area contributed by atoms with Crippen molar-refractivity contribution in [1.82, 2.24) is 0 Å². The standard InChI is InChI=1S/C22H25N3OS/c1-15(2)23-22-25(19-9-7-6-8-16(19)3)21(26)20(27-22)14-17-10-12-18(13-11-17)24(4)5/h6-15H,1-5H3/b20-14-,23-22?. The van der Waals surface area contributed by atoms with Gasteiger partial charge in [-0.15, -0.1) is 0 Å². The fraction of sp³-hybridized carbons (Fsp3) is 0.273. The van der Waals surface area contributed by atoms with Crippen molar-refractivity contribution in [3.05, 3.63) is 64.6 Å². The van der Waals surface area contributed by atoms with Crippen LogP contribution in [0.25, 0.3) is 6.08 Å². The van der Waals surface area contributed by atoms with Crippen molar-refractivity contribution < 1.29 is 4.79 Å². The molecule has 0 aromatic heterocycles. The fourth-order valence-corrected chi connectivity index (χ4v) is 3.93. The number of thioether (sulfide) groups is 1. The summed E-state index contributed by atoms with van der Waals surface area (Å²) < 4.78 is 0. The summed E-state index contributed by atoms with van der Waals surface area (Å²) in [6.45, 7) is 6.06. The molecule has 1 saturated heterocycles. The fourth-order valence-electron chi connectivity index (χ4n) is 2.83. The Morgan fingerprint density at radius 3 is 2.33 bits per heavy atom. The highest BCUT2D eigenvalue weighted by Crippen LogP contribution is 2.37. The van der Waals surface area contributed by atoms with Crippen LogP contribution in [-0.4, -0.2) is 31.2 Å². The van der Waals surface area contributed by atoms with Crippen LogP contribution in [0.5, 0.6) is 0 Å². The Morgan fingerprint density at radius 1 is 1.07 bits per heavy atom. The van der Waals surface area contributed by atoms with Crippen LogP contribution in [-0.2, 0) is 4.79 Å². The van der Waals surface area contributed by atoms with Crippen LogP contribution in [0.3, 0.4) is 0 Å². The van der Waals surface area contributed by atoms with Crippen molar-refractivity contribution in [2.45, 2.75) is 26.8 Å². The molecule has 0 aliphatic carbocycles. The average molecular weight is 380 g/mol. The van der Waals surface area contributed by atoms with Gasteiger partial charge in [0.05, 0.1) is 10.6 Å². The summed E-state index contributed by atoms with van der Waals surface area (Å²) in [5.41, 5.74) is 4.08. The molecule has 0 unspecified atom stereocenters. The second-order valence-electron chi connectivity index (χ2n) is 7.03. The zero-order valence-corrected chi connectivity index (χ0v) is 17.2. The number of aliphatic imine (C=N–C) groups is 1. The lowest BCUT2D eigenvalue weighted by Gasteiger charge is -2.18. The van der Waals surface area contributed by atoms with Gasteiger partial charge >= 0.3 is 0 Å². The topological polar surface area (TPSA) is 35.9 Å². The maximum Gasteiger partial charge on any atom is 0.271 e. The molecule has 1 aliphatic rings. The van der Waals surface area contributed by atoms with Crippen molar-refractivity contribution >= 4 is 40.3 Å². The first kappa shape index (κ1) is 19.2. The summed E-state index contributed by atoms with van der Waals surface area (Å²) >= 11 is 1.44. The van der Waals surface area contributed by atoms with E-state index in [0.29, 0.717) is 4.91 Å². The van der Waals surface area contributed by atoms with E-state index in [1.165, 1.54) is 11.8 Å². The Labute approximate surface area is 165 Å². The van der Waals surface area contributed by atoms with E-state index >= 15 is 0 Å². The van der Waals surface area contributed by atoms with E-state index in [9.17, 15) is 4.79 Å². The molecule has 5 heteroatoms. The molecule has 0 radical (unpaired) electrons. The van der Waals surface area contributed by atoms with Crippen molar-refractivity contribution in [3.63, 3.8) is 0 Å². The number of amides is 1. The molecule has 1 fully saturated rings. The molecular weight excluding hydrogens is 354 g/mol. The van der Waals surface area contributed by atoms with Crippen LogP contribution in [0.1, 0.15) is 25.0 Å². The van der Waals surface area contributed by atoms with Crippen LogP contribution in [0, 0.1) is 6.92 Å². The van der Waals surface area contributed by atoms with Gasteiger partial charge in [-0.2, -0.15) is 0 Å². The first-order chi connectivity index (χ1) is 12.9. The lowest BCUT2D eigenvalue weighted by Crippen LogP contribution is -2.30. The van der Waals surface area contributed by atoms with Crippen molar-refractivity contribution in [1.29, 1.82) is 0 Å². The molecule has 0 atom stereocenters. The first-order valence-corrected chi connectivity index (χ1v) is 9.83. The normalized spacial score (nSPS) is 17.4. The molecule has 2 aromatic rings. The summed E-state index contributed by atoms with van der Waals surface area (Å²) in [4.78, 5) is 22.4. The number of aryl methyl sites for hydroxylation is 1. The molecule has 0 saturated carbocycles. The smallest absolute Gasteiger partial charge is 0.271 e. The number of anilines is 2. The number of hydrogen-bond acceptors (Lipinski definition) is 4. The molecule has 2 aromatic carbocycles. The minimum absolute atomic E-state index is 0.0228. The molecule has 27 heavy (non-hydrogen) atoms. The monoisotopic (exact) mass is 379 g/mol. The number of carbonyl (C=O) groups is 1. The van der Waals surface area contributed by atoms with Crippen LogP contribution in [0.4, 0.5) is 11.4 Å². The maximum atomic E-state index is 13.2. The minimum atomic E-state index is -0.0228. The molecule has 4 nitrogen and oxygen atoms in total. The minimum Gasteiger partial charge on any atom is -0.378 e. The molecular formula is C22H25N3OS. The zero-order valence-electron chi connectivity index (χ0n) is 16.4. The summed E-state index contributed by atoms with van der Waals surface area (Å²) in [5.74, 6) is -0.0228. The summed E-state index contributed by atoms with van der Waals surface area (Å²) in [5, 5.41) is 0.737. The quantitative estimate of drug-likeness (QED) is 0.706. The first-order valence-electron chi connectivity index (χ1n) is 9.01. The number of benzene rings is 2. The van der Waals surface area contributed by atoms with Crippen molar-refractivity contribution in [2.75, 3.05) is 23.9 Å². The Kier molecular flexibility index (Phi) is 5.71. The van der Waals surface area contributed by atoms with Gasteiger partial charge in [-0.3, -0.25) is 14.7 Å². The van der Waals surface area contributed by atoms with Gasteiger partial charge < -0.3 is 4.90 Å². The van der Waals surface area contributed by atoms with Crippen molar-refractivity contribution in [3.8, 4) is 0 Å². The van der Waals surface area contributed by atoms with E-state index in [1.807, 2.05) is 77.3 Å². The summed E-state index contributed by atoms with van der Waals surface area (Å²) in [7, 11) is 4.02. The Morgan fingerprint density at radius 2 is 1.74 bits per heavy atom. The van der Waals surface area contributed by atoms with Gasteiger partial charge in [0.1, 0.15) is 0 Å². The molecule has 0 N–H and O–H groups in total. The Balaban J connectivity index is 1.99. The molecule has 1 heterocycles. The highest BCUT2D eigenvalue weighted by molar-refractivity contribution is 8.19. The molecule has 140 valence electrons. The average Bonchev–Trinajstić information content (AvgIpc) is 2.90. The van der Waals surface area contributed by atoms with E-state index in [0.717, 1.165) is 27.7 Å². The second kappa shape index (κ2) is 8.01. The number of rotatable bonds is 4. The Hall–Kier alpha value is -2.53. The van der Waals surface area contributed by atoms with Gasteiger partial charge in [-0.25, -0.2) is 0 Å². The third-order valence-corrected chi connectivity index (χ3v) is 5.22. The van der Waals surface area contributed by atoms with Gasteiger partial charge in [-0.05, 0) is 67.9 Å². The van der Waals surface area contributed by atoms with E-state index in [4.69, 9.17) is 4.99 Å². The van der Waals surface area contributed by atoms with Gasteiger partial charge in [-0.1, -0.05) is 30.3 Å². The number of amidine groups is 1. The van der Waals surface area contributed by atoms with Gasteiger partial charge in [0.25, 0.3) is 5.91 Å². The highest BCUT2D eigenvalue weighted by Gasteiger charge is 2.35. The number of carbonyl (C=O) groups excluding carboxylic acids is 1. The van der Waals surface area contributed by atoms with Crippen LogP contribution in [0.2, 0.25) is 0 Å². The van der Waals surface area contributed by atoms with Gasteiger partial charge in [0, 0.05) is 25.8 Å². The third-order valence-electron chi connectivity index (χ3n) is 4.24. The van der Waals surface area contributed by atoms with E-state index in [1.54, 1.807) is 4.90 Å². The third kappa shape index (κ3) is 4.25. The second-order valence-corrected chi connectivity index (χ2v) is 8.04. The zero-order chi connectivity index (χ0) is 19.6. The SMILES string of the molecule is Cc1ccccc1N1C(=O)/C(=C/c2ccc(N(C)C)cc2)SC1=NC(C)C. The molecule has 3 rings (SSSR count). The number of hydrogen-bond donors (Lipinski definition) is 0. The molecule has 1 aliphatic heterocycles. The Bertz CT molecular complexity index is 898. The van der Waals surface area contributed by atoms with Crippen LogP contribution >= 0.6 is 11.8 Å². The number of nitrogens with zero attached hydrogens (tertiary/aromatic N) is 3. The lowest BCUT2D eigenvalue weighted by atomic mass is 10.1. The predicted molar refractivity (Wildman–Crippen MR) is 118 cm³/mol. The van der Waals surface area contributed by atoms with E-state index < -0.39 is 0 Å². The van der Waals surface area contributed by atoms with Crippen LogP contribution < -0.4 is 9.80 Å². The van der Waals surface area contributed by atoms with E-state index in [-0.39, 0.29) is 11.9 Å². The van der Waals surface area contributed by atoms with E-state index in [2.05, 4.69) is 17.0 Å². The maximum absolute atomic E-state index is 13.2. The summed E-state index contributed by atoms with van der Waals surface area (Å²) in [6.07, 6.45) is 1.94. The van der Waals surface area contributed by atoms with Gasteiger partial charge in [0.15, 0.2) is 5.17 Å². The summed E-state index contributed by atoms with van der Waals surface area (Å²) in [6, 6.07) is 16.2. The molecule has 0 bridgehead atoms.